The van der Waals surface area contributed by atoms with E-state index in [9.17, 15) is 0 Å². The first-order chi connectivity index (χ1) is 10.3. The number of allylic oxidation sites excluding steroid dienone is 1. The molecule has 0 saturated carbocycles. The van der Waals surface area contributed by atoms with Gasteiger partial charge >= 0.3 is 0 Å². The summed E-state index contributed by atoms with van der Waals surface area (Å²) in [4.78, 5) is 0. The van der Waals surface area contributed by atoms with Gasteiger partial charge in [0.15, 0.2) is 11.5 Å². The van der Waals surface area contributed by atoms with E-state index in [-0.39, 0.29) is 0 Å². The van der Waals surface area contributed by atoms with Crippen molar-refractivity contribution in [3.8, 4) is 17.2 Å². The van der Waals surface area contributed by atoms with Gasteiger partial charge in [-0.25, -0.2) is 0 Å². The van der Waals surface area contributed by atoms with Gasteiger partial charge in [-0.05, 0) is 43.5 Å². The third-order valence-electron chi connectivity index (χ3n) is 3.08. The zero-order valence-corrected chi connectivity index (χ0v) is 13.4. The van der Waals surface area contributed by atoms with E-state index in [1.54, 1.807) is 14.2 Å². The summed E-state index contributed by atoms with van der Waals surface area (Å²) in [5, 5.41) is 3.37. The van der Waals surface area contributed by atoms with Crippen LogP contribution in [0.2, 0.25) is 0 Å². The lowest BCUT2D eigenvalue weighted by molar-refractivity contribution is 0.271. The van der Waals surface area contributed by atoms with Gasteiger partial charge in [0, 0.05) is 6.54 Å². The predicted molar refractivity (Wildman–Crippen MR) is 86.5 cm³/mol. The minimum atomic E-state index is 0.617. The number of unbranched alkanes of at least 4 members (excludes halogenated alkanes) is 1. The fourth-order valence-electron chi connectivity index (χ4n) is 1.99. The smallest absolute Gasteiger partial charge is 0.203 e. The first-order valence-electron chi connectivity index (χ1n) is 7.46. The number of nitrogens with one attached hydrogen (secondary N) is 1. The lowest BCUT2D eigenvalue weighted by Gasteiger charge is -2.16. The molecule has 0 radical (unpaired) electrons. The van der Waals surface area contributed by atoms with Gasteiger partial charge in [0.1, 0.15) is 0 Å². The molecule has 1 rings (SSSR count). The maximum Gasteiger partial charge on any atom is 0.203 e. The molecular formula is C17H27NO3. The van der Waals surface area contributed by atoms with Crippen LogP contribution in [0.5, 0.6) is 17.2 Å². The van der Waals surface area contributed by atoms with E-state index < -0.39 is 0 Å². The Morgan fingerprint density at radius 1 is 1.19 bits per heavy atom. The van der Waals surface area contributed by atoms with Crippen molar-refractivity contribution >= 4 is 0 Å². The van der Waals surface area contributed by atoms with E-state index in [4.69, 9.17) is 14.2 Å². The van der Waals surface area contributed by atoms with E-state index in [2.05, 4.69) is 18.8 Å². The fourth-order valence-corrected chi connectivity index (χ4v) is 1.99. The molecule has 0 fully saturated rings. The van der Waals surface area contributed by atoms with E-state index in [1.165, 1.54) is 0 Å². The van der Waals surface area contributed by atoms with Crippen LogP contribution in [0.3, 0.4) is 0 Å². The van der Waals surface area contributed by atoms with Crippen molar-refractivity contribution in [3.05, 3.63) is 30.4 Å². The standard InChI is InChI=1S/C17H27NO3/c1-5-7-8-10-21-17-15(19-3)11-14(12-16(17)20-4)13-18-9-6-2/h5,11-12,18H,1,6-10,13H2,2-4H3. The summed E-state index contributed by atoms with van der Waals surface area (Å²) in [6, 6.07) is 3.99. The third-order valence-corrected chi connectivity index (χ3v) is 3.08. The Morgan fingerprint density at radius 2 is 1.86 bits per heavy atom. The predicted octanol–water partition coefficient (Wildman–Crippen LogP) is 3.55. The Balaban J connectivity index is 2.82. The molecule has 118 valence electrons. The highest BCUT2D eigenvalue weighted by Gasteiger charge is 2.14. The molecule has 0 unspecified atom stereocenters. The maximum atomic E-state index is 5.81. The second kappa shape index (κ2) is 10.1. The topological polar surface area (TPSA) is 39.7 Å². The number of hydrogen-bond donors (Lipinski definition) is 1. The molecule has 0 aromatic heterocycles. The van der Waals surface area contributed by atoms with Gasteiger partial charge in [-0.1, -0.05) is 13.0 Å². The normalized spacial score (nSPS) is 10.2. The van der Waals surface area contributed by atoms with Crippen LogP contribution in [0.15, 0.2) is 24.8 Å². The number of methoxy groups -OCH3 is 2. The van der Waals surface area contributed by atoms with E-state index in [1.807, 2.05) is 18.2 Å². The van der Waals surface area contributed by atoms with Crippen molar-refractivity contribution in [2.45, 2.75) is 32.7 Å². The molecule has 4 nitrogen and oxygen atoms in total. The van der Waals surface area contributed by atoms with Crippen molar-refractivity contribution < 1.29 is 14.2 Å². The molecule has 0 bridgehead atoms. The zero-order valence-electron chi connectivity index (χ0n) is 13.4. The molecule has 0 aliphatic heterocycles. The average Bonchev–Trinajstić information content (AvgIpc) is 2.51. The van der Waals surface area contributed by atoms with Crippen LogP contribution in [0.4, 0.5) is 0 Å². The Labute approximate surface area is 128 Å². The minimum absolute atomic E-state index is 0.617. The minimum Gasteiger partial charge on any atom is -0.493 e. The summed E-state index contributed by atoms with van der Waals surface area (Å²) in [5.41, 5.74) is 1.12. The van der Waals surface area contributed by atoms with Gasteiger partial charge in [0.25, 0.3) is 0 Å². The second-order valence-electron chi connectivity index (χ2n) is 4.79. The van der Waals surface area contributed by atoms with Gasteiger partial charge < -0.3 is 19.5 Å². The molecule has 0 amide bonds. The van der Waals surface area contributed by atoms with Crippen LogP contribution < -0.4 is 19.5 Å². The van der Waals surface area contributed by atoms with Gasteiger partial charge in [0.2, 0.25) is 5.75 Å². The highest BCUT2D eigenvalue weighted by atomic mass is 16.5. The summed E-state index contributed by atoms with van der Waals surface area (Å²) < 4.78 is 16.7. The second-order valence-corrected chi connectivity index (χ2v) is 4.79. The zero-order chi connectivity index (χ0) is 15.5. The molecular weight excluding hydrogens is 266 g/mol. The maximum absolute atomic E-state index is 5.81. The van der Waals surface area contributed by atoms with E-state index in [0.717, 1.165) is 37.9 Å². The molecule has 4 heteroatoms. The highest BCUT2D eigenvalue weighted by molar-refractivity contribution is 5.53. The third kappa shape index (κ3) is 5.68. The molecule has 21 heavy (non-hydrogen) atoms. The van der Waals surface area contributed by atoms with Gasteiger partial charge in [0.05, 0.1) is 20.8 Å². The number of rotatable bonds is 11. The van der Waals surface area contributed by atoms with E-state index in [0.29, 0.717) is 23.9 Å². The van der Waals surface area contributed by atoms with Gasteiger partial charge in [-0.3, -0.25) is 0 Å². The van der Waals surface area contributed by atoms with Crippen molar-refractivity contribution in [1.82, 2.24) is 5.32 Å². The Morgan fingerprint density at radius 3 is 2.38 bits per heavy atom. The summed E-state index contributed by atoms with van der Waals surface area (Å²) in [6.45, 7) is 8.25. The molecule has 1 N–H and O–H groups in total. The summed E-state index contributed by atoms with van der Waals surface area (Å²) in [6.07, 6.45) is 4.86. The first kappa shape index (κ1) is 17.4. The van der Waals surface area contributed by atoms with Crippen LogP contribution in [0, 0.1) is 0 Å². The van der Waals surface area contributed by atoms with Gasteiger partial charge in [-0.2, -0.15) is 0 Å². The van der Waals surface area contributed by atoms with Crippen LogP contribution in [-0.4, -0.2) is 27.4 Å². The van der Waals surface area contributed by atoms with Crippen molar-refractivity contribution in [1.29, 1.82) is 0 Å². The van der Waals surface area contributed by atoms with Crippen LogP contribution >= 0.6 is 0 Å². The SMILES string of the molecule is C=CCCCOc1c(OC)cc(CNCCC)cc1OC. The molecule has 0 atom stereocenters. The van der Waals surface area contributed by atoms with Crippen LogP contribution in [0.1, 0.15) is 31.7 Å². The molecule has 0 aliphatic rings. The van der Waals surface area contributed by atoms with E-state index >= 15 is 0 Å². The average molecular weight is 293 g/mol. The van der Waals surface area contributed by atoms with Crippen LogP contribution in [-0.2, 0) is 6.54 Å². The Kier molecular flexibility index (Phi) is 8.36. The lowest BCUT2D eigenvalue weighted by atomic mass is 10.1. The number of hydrogen-bond acceptors (Lipinski definition) is 4. The highest BCUT2D eigenvalue weighted by Crippen LogP contribution is 2.38. The largest absolute Gasteiger partial charge is 0.493 e. The quantitative estimate of drug-likeness (QED) is 0.500. The molecule has 1 aromatic rings. The number of ether oxygens (including phenoxy) is 3. The van der Waals surface area contributed by atoms with Gasteiger partial charge in [-0.15, -0.1) is 6.58 Å². The summed E-state index contributed by atoms with van der Waals surface area (Å²) >= 11 is 0. The molecule has 0 heterocycles. The molecule has 0 spiro atoms. The molecule has 1 aromatic carbocycles. The summed E-state index contributed by atoms with van der Waals surface area (Å²) in [7, 11) is 3.29. The fraction of sp³-hybridized carbons (Fsp3) is 0.529. The molecule has 0 saturated heterocycles. The van der Waals surface area contributed by atoms with Crippen molar-refractivity contribution in [3.63, 3.8) is 0 Å². The Bertz CT molecular complexity index is 407. The Hall–Kier alpha value is -1.68. The van der Waals surface area contributed by atoms with Crippen molar-refractivity contribution in [2.24, 2.45) is 0 Å². The van der Waals surface area contributed by atoms with Crippen LogP contribution in [0.25, 0.3) is 0 Å². The lowest BCUT2D eigenvalue weighted by Crippen LogP contribution is -2.14. The monoisotopic (exact) mass is 293 g/mol. The molecule has 0 aliphatic carbocycles. The first-order valence-corrected chi connectivity index (χ1v) is 7.46. The van der Waals surface area contributed by atoms with Crippen molar-refractivity contribution in [2.75, 3.05) is 27.4 Å². The number of benzene rings is 1. The summed E-state index contributed by atoms with van der Waals surface area (Å²) in [5.74, 6) is 2.09.